The van der Waals surface area contributed by atoms with Crippen LogP contribution in [0.2, 0.25) is 0 Å². The van der Waals surface area contributed by atoms with Crippen molar-refractivity contribution >= 4 is 40.7 Å². The molecule has 0 aromatic heterocycles. The van der Waals surface area contributed by atoms with Crippen molar-refractivity contribution in [3.8, 4) is 0 Å². The van der Waals surface area contributed by atoms with Crippen LogP contribution in [-0.2, 0) is 9.53 Å². The van der Waals surface area contributed by atoms with E-state index < -0.39 is 10.7 Å². The summed E-state index contributed by atoms with van der Waals surface area (Å²) in [5.41, 5.74) is 0.817. The molecule has 1 aliphatic heterocycles. The normalized spacial score (nSPS) is 15.2. The van der Waals surface area contributed by atoms with Crippen molar-refractivity contribution in [2.75, 3.05) is 31.6 Å². The molecule has 2 rings (SSSR count). The third-order valence-electron chi connectivity index (χ3n) is 2.91. The number of benzene rings is 1. The van der Waals surface area contributed by atoms with Crippen LogP contribution in [0.3, 0.4) is 0 Å². The lowest BCUT2D eigenvalue weighted by molar-refractivity contribution is -0.114. The number of hydrogen-bond acceptors (Lipinski definition) is 3. The van der Waals surface area contributed by atoms with Crippen molar-refractivity contribution in [2.24, 2.45) is 0 Å². The summed E-state index contributed by atoms with van der Waals surface area (Å²) >= 11 is 11.0. The molecule has 1 aromatic rings. The van der Waals surface area contributed by atoms with Gasteiger partial charge in [-0.05, 0) is 12.1 Å². The first-order chi connectivity index (χ1) is 9.59. The second-order valence-electron chi connectivity index (χ2n) is 4.24. The predicted octanol–water partition coefficient (Wildman–Crippen LogP) is 1.90. The number of carbonyl (C=O) groups excluding carboxylic acids is 2. The van der Waals surface area contributed by atoms with Crippen LogP contribution in [0.4, 0.5) is 5.69 Å². The summed E-state index contributed by atoms with van der Waals surface area (Å²) in [6, 6.07) is 6.76. The largest absolute Gasteiger partial charge is 0.378 e. The lowest BCUT2D eigenvalue weighted by Gasteiger charge is -2.27. The molecule has 1 aliphatic rings. The van der Waals surface area contributed by atoms with Gasteiger partial charge < -0.3 is 15.0 Å². The predicted molar refractivity (Wildman–Crippen MR) is 77.3 cm³/mol. The summed E-state index contributed by atoms with van der Waals surface area (Å²) in [7, 11) is 0. The van der Waals surface area contributed by atoms with Gasteiger partial charge in [-0.15, -0.1) is 0 Å². The summed E-state index contributed by atoms with van der Waals surface area (Å²) in [5.74, 6) is -0.708. The number of nitrogens with one attached hydrogen (secondary N) is 1. The quantitative estimate of drug-likeness (QED) is 0.866. The van der Waals surface area contributed by atoms with Gasteiger partial charge in [-0.3, -0.25) is 9.59 Å². The third kappa shape index (κ3) is 3.62. The van der Waals surface area contributed by atoms with Gasteiger partial charge in [0.1, 0.15) is 0 Å². The molecule has 0 radical (unpaired) electrons. The number of carbonyl (C=O) groups is 2. The van der Waals surface area contributed by atoms with Crippen molar-refractivity contribution < 1.29 is 14.3 Å². The van der Waals surface area contributed by atoms with Crippen LogP contribution in [0.15, 0.2) is 24.3 Å². The van der Waals surface area contributed by atoms with E-state index in [4.69, 9.17) is 27.9 Å². The van der Waals surface area contributed by atoms with Crippen molar-refractivity contribution in [3.63, 3.8) is 0 Å². The van der Waals surface area contributed by atoms with Gasteiger partial charge in [0.15, 0.2) is 4.84 Å². The van der Waals surface area contributed by atoms with Crippen LogP contribution in [0, 0.1) is 0 Å². The van der Waals surface area contributed by atoms with E-state index in [1.165, 1.54) is 0 Å². The highest BCUT2D eigenvalue weighted by atomic mass is 35.5. The van der Waals surface area contributed by atoms with Crippen LogP contribution in [-0.4, -0.2) is 47.9 Å². The van der Waals surface area contributed by atoms with Gasteiger partial charge >= 0.3 is 0 Å². The van der Waals surface area contributed by atoms with Crippen LogP contribution in [0.25, 0.3) is 0 Å². The number of hydrogen-bond donors (Lipinski definition) is 1. The van der Waals surface area contributed by atoms with Crippen molar-refractivity contribution in [1.29, 1.82) is 0 Å². The summed E-state index contributed by atoms with van der Waals surface area (Å²) in [5, 5.41) is 2.55. The monoisotopic (exact) mass is 316 g/mol. The Balaban J connectivity index is 2.18. The molecule has 20 heavy (non-hydrogen) atoms. The Hall–Kier alpha value is -1.30. The molecule has 5 nitrogen and oxygen atoms in total. The average Bonchev–Trinajstić information content (AvgIpc) is 2.48. The molecule has 2 amide bonds. The topological polar surface area (TPSA) is 58.6 Å². The van der Waals surface area contributed by atoms with E-state index in [1.54, 1.807) is 29.2 Å². The molecule has 0 unspecified atom stereocenters. The summed E-state index contributed by atoms with van der Waals surface area (Å²) < 4.78 is 5.21. The van der Waals surface area contributed by atoms with E-state index >= 15 is 0 Å². The molecule has 0 spiro atoms. The smallest absolute Gasteiger partial charge is 0.257 e. The molecule has 1 N–H and O–H groups in total. The number of nitrogens with zero attached hydrogens (tertiary/aromatic N) is 1. The number of ether oxygens (including phenoxy) is 1. The van der Waals surface area contributed by atoms with Crippen molar-refractivity contribution in [1.82, 2.24) is 4.90 Å². The molecule has 108 valence electrons. The second kappa shape index (κ2) is 6.92. The molecule has 0 atom stereocenters. The van der Waals surface area contributed by atoms with Gasteiger partial charge in [0.25, 0.3) is 11.8 Å². The van der Waals surface area contributed by atoms with Gasteiger partial charge in [0.2, 0.25) is 0 Å². The average molecular weight is 317 g/mol. The van der Waals surface area contributed by atoms with Crippen molar-refractivity contribution in [2.45, 2.75) is 4.84 Å². The van der Waals surface area contributed by atoms with Crippen molar-refractivity contribution in [3.05, 3.63) is 29.8 Å². The fraction of sp³-hybridized carbons (Fsp3) is 0.385. The van der Waals surface area contributed by atoms with E-state index in [2.05, 4.69) is 5.32 Å². The maximum atomic E-state index is 12.4. The maximum absolute atomic E-state index is 12.4. The Kier molecular flexibility index (Phi) is 5.23. The SMILES string of the molecule is O=C(Nc1ccccc1C(=O)N1CCOCC1)C(Cl)Cl. The summed E-state index contributed by atoms with van der Waals surface area (Å²) in [6.45, 7) is 2.11. The summed E-state index contributed by atoms with van der Waals surface area (Å²) in [6.07, 6.45) is 0. The minimum Gasteiger partial charge on any atom is -0.378 e. The molecule has 0 aliphatic carbocycles. The molecule has 1 aromatic carbocycles. The van der Waals surface area contributed by atoms with E-state index in [1.807, 2.05) is 0 Å². The number of para-hydroxylation sites is 1. The Morgan fingerprint density at radius 2 is 1.85 bits per heavy atom. The Morgan fingerprint density at radius 1 is 1.20 bits per heavy atom. The fourth-order valence-electron chi connectivity index (χ4n) is 1.90. The Labute approximate surface area is 126 Å². The van der Waals surface area contributed by atoms with Gasteiger partial charge in [-0.2, -0.15) is 0 Å². The van der Waals surface area contributed by atoms with Crippen LogP contribution in [0.5, 0.6) is 0 Å². The molecular formula is C13H14Cl2N2O3. The number of rotatable bonds is 3. The number of alkyl halides is 2. The van der Waals surface area contributed by atoms with Gasteiger partial charge in [0, 0.05) is 13.1 Å². The zero-order chi connectivity index (χ0) is 14.5. The minimum absolute atomic E-state index is 0.148. The highest BCUT2D eigenvalue weighted by Crippen LogP contribution is 2.19. The number of amides is 2. The Bertz CT molecular complexity index is 502. The highest BCUT2D eigenvalue weighted by Gasteiger charge is 2.22. The summed E-state index contributed by atoms with van der Waals surface area (Å²) in [4.78, 5) is 24.5. The minimum atomic E-state index is -1.18. The number of halogens is 2. The maximum Gasteiger partial charge on any atom is 0.257 e. The van der Waals surface area contributed by atoms with Gasteiger partial charge in [-0.1, -0.05) is 35.3 Å². The number of morpholine rings is 1. The standard InChI is InChI=1S/C13H14Cl2N2O3/c14-11(15)12(18)16-10-4-2-1-3-9(10)13(19)17-5-7-20-8-6-17/h1-4,11H,5-8H2,(H,16,18). The second-order valence-corrected chi connectivity index (χ2v) is 5.34. The number of anilines is 1. The van der Waals surface area contributed by atoms with Gasteiger partial charge in [-0.25, -0.2) is 0 Å². The van der Waals surface area contributed by atoms with E-state index in [0.717, 1.165) is 0 Å². The lowest BCUT2D eigenvalue weighted by atomic mass is 10.1. The van der Waals surface area contributed by atoms with Crippen LogP contribution >= 0.6 is 23.2 Å². The first kappa shape index (κ1) is 15.1. The molecule has 7 heteroatoms. The molecule has 0 bridgehead atoms. The zero-order valence-corrected chi connectivity index (χ0v) is 12.2. The van der Waals surface area contributed by atoms with Gasteiger partial charge in [0.05, 0.1) is 24.5 Å². The van der Waals surface area contributed by atoms with Crippen LogP contribution in [0.1, 0.15) is 10.4 Å². The van der Waals surface area contributed by atoms with Crippen LogP contribution < -0.4 is 5.32 Å². The molecule has 1 heterocycles. The first-order valence-electron chi connectivity index (χ1n) is 6.14. The molecule has 1 saturated heterocycles. The zero-order valence-electron chi connectivity index (χ0n) is 10.6. The molecular weight excluding hydrogens is 303 g/mol. The van der Waals surface area contributed by atoms with E-state index in [-0.39, 0.29) is 5.91 Å². The van der Waals surface area contributed by atoms with E-state index in [0.29, 0.717) is 37.6 Å². The highest BCUT2D eigenvalue weighted by molar-refractivity contribution is 6.54. The fourth-order valence-corrected chi connectivity index (χ4v) is 2.01. The van der Waals surface area contributed by atoms with E-state index in [9.17, 15) is 9.59 Å². The molecule has 1 fully saturated rings. The first-order valence-corrected chi connectivity index (χ1v) is 7.02. The third-order valence-corrected chi connectivity index (χ3v) is 3.31. The Morgan fingerprint density at radius 3 is 2.50 bits per heavy atom. The lowest BCUT2D eigenvalue weighted by Crippen LogP contribution is -2.41. The molecule has 0 saturated carbocycles.